The number of aromatic amines is 1. The van der Waals surface area contributed by atoms with E-state index in [0.717, 1.165) is 40.1 Å². The number of nitrogens with one attached hydrogen (secondary N) is 6. The van der Waals surface area contributed by atoms with E-state index in [1.54, 1.807) is 18.3 Å². The molecule has 0 fully saturated rings. The summed E-state index contributed by atoms with van der Waals surface area (Å²) in [6.07, 6.45) is 9.94. The number of hydrogen-bond donors (Lipinski definition) is 9. The minimum atomic E-state index is -1.38. The smallest absolute Gasteiger partial charge is 0.246 e. The normalized spacial score (nSPS) is 15.7. The highest BCUT2D eigenvalue weighted by molar-refractivity contribution is 5.98. The Morgan fingerprint density at radius 3 is 2.28 bits per heavy atom. The lowest BCUT2D eigenvalue weighted by Crippen LogP contribution is -2.65. The van der Waals surface area contributed by atoms with Gasteiger partial charge in [-0.3, -0.25) is 33.8 Å². The molecule has 17 nitrogen and oxygen atoms in total. The zero-order valence-electron chi connectivity index (χ0n) is 37.4. The van der Waals surface area contributed by atoms with Gasteiger partial charge in [0.15, 0.2) is 5.96 Å². The predicted molar refractivity (Wildman–Crippen MR) is 250 cm³/mol. The minimum absolute atomic E-state index is 0.0210. The van der Waals surface area contributed by atoms with Gasteiger partial charge in [-0.15, -0.1) is 0 Å². The van der Waals surface area contributed by atoms with Crippen LogP contribution in [0.15, 0.2) is 78.5 Å². The molecule has 64 heavy (non-hydrogen) atoms. The molecular weight excluding hydrogens is 815 g/mol. The van der Waals surface area contributed by atoms with Crippen LogP contribution >= 0.6 is 0 Å². The van der Waals surface area contributed by atoms with Crippen LogP contribution in [0, 0.1) is 6.92 Å². The molecule has 1 heterocycles. The molecule has 4 rings (SSSR count). The van der Waals surface area contributed by atoms with Crippen LogP contribution in [0.25, 0.3) is 6.08 Å². The van der Waals surface area contributed by atoms with Gasteiger partial charge in [0.25, 0.3) is 0 Å². The first kappa shape index (κ1) is 49.7. The topological polar surface area (TPSA) is 272 Å². The number of aliphatic imine (C=N–C) groups is 1. The van der Waals surface area contributed by atoms with E-state index in [1.165, 1.54) is 0 Å². The fourth-order valence-electron chi connectivity index (χ4n) is 7.77. The van der Waals surface area contributed by atoms with E-state index in [0.29, 0.717) is 18.4 Å². The predicted octanol–water partition coefficient (Wildman–Crippen LogP) is 1.72. The van der Waals surface area contributed by atoms with Crippen LogP contribution in [0.4, 0.5) is 5.69 Å². The molecule has 0 saturated heterocycles. The van der Waals surface area contributed by atoms with Crippen LogP contribution < -0.4 is 48.7 Å². The third-order valence-electron chi connectivity index (χ3n) is 11.3. The van der Waals surface area contributed by atoms with Gasteiger partial charge in [-0.05, 0) is 79.0 Å². The van der Waals surface area contributed by atoms with E-state index in [2.05, 4.69) is 43.1 Å². The number of carbonyl (C=O) groups excluding carboxylic acids is 6. The van der Waals surface area contributed by atoms with Gasteiger partial charge in [0.05, 0.1) is 6.54 Å². The second-order valence-electron chi connectivity index (χ2n) is 16.3. The fourth-order valence-corrected chi connectivity index (χ4v) is 7.77. The van der Waals surface area contributed by atoms with Crippen molar-refractivity contribution in [2.75, 3.05) is 32.1 Å². The van der Waals surface area contributed by atoms with E-state index in [4.69, 9.17) is 17.2 Å². The van der Waals surface area contributed by atoms with Gasteiger partial charge < -0.3 is 53.7 Å². The molecule has 1 aromatic heterocycles. The summed E-state index contributed by atoms with van der Waals surface area (Å²) in [5, 5.41) is 14.2. The molecule has 0 saturated carbocycles. The van der Waals surface area contributed by atoms with Gasteiger partial charge in [-0.25, -0.2) is 0 Å². The van der Waals surface area contributed by atoms with Crippen molar-refractivity contribution in [3.63, 3.8) is 0 Å². The number of rotatable bonds is 24. The number of aromatic nitrogens is 1. The van der Waals surface area contributed by atoms with Crippen molar-refractivity contribution >= 4 is 53.2 Å². The van der Waals surface area contributed by atoms with E-state index in [1.807, 2.05) is 87.4 Å². The Labute approximate surface area is 375 Å². The standard InChI is InChI=1S/C47H65N11O6/c1-6-8-18-35-30(3)33(28-52-35)26-38(42(61)53-29-40(48)59)55-43(62)36(19-14-24-51-46(49)50)54-44(63)37(25-31-15-11-10-12-16-31)56-45(64)47(57-41(60)21-9-7-2)23-22-34-32(27-47)17-13-20-39(34)58(4)5/h6,8,10-13,15-18,20,28,36-38,52H,1,7,9,14,19,21-27,29H2,2-5H3,(H2,48,59)(H,53,61)(H,54,63)(H,55,62)(H,56,64)(H,57,60)(H4,49,50,51)/b18-8-/t36?,37?,38-,47?/m0/s1. The van der Waals surface area contributed by atoms with E-state index in [9.17, 15) is 28.8 Å². The average Bonchev–Trinajstić information content (AvgIpc) is 3.61. The second kappa shape index (κ2) is 24.1. The summed E-state index contributed by atoms with van der Waals surface area (Å²) in [5.41, 5.74) is 21.1. The quantitative estimate of drug-likeness (QED) is 0.0274. The molecule has 1 aliphatic carbocycles. The van der Waals surface area contributed by atoms with Gasteiger partial charge in [-0.2, -0.15) is 0 Å². The summed E-state index contributed by atoms with van der Waals surface area (Å²) in [6.45, 7) is 7.21. The molecule has 0 bridgehead atoms. The lowest BCUT2D eigenvalue weighted by molar-refractivity contribution is -0.137. The molecule has 0 spiro atoms. The number of allylic oxidation sites excluding steroid dienone is 2. The molecule has 0 radical (unpaired) electrons. The summed E-state index contributed by atoms with van der Waals surface area (Å²) in [7, 11) is 3.91. The Hall–Kier alpha value is -6.91. The zero-order valence-corrected chi connectivity index (χ0v) is 37.4. The van der Waals surface area contributed by atoms with Gasteiger partial charge >= 0.3 is 0 Å². The maximum absolute atomic E-state index is 14.8. The average molecular weight is 880 g/mol. The third-order valence-corrected chi connectivity index (χ3v) is 11.3. The molecule has 4 atom stereocenters. The highest BCUT2D eigenvalue weighted by atomic mass is 16.2. The van der Waals surface area contributed by atoms with Crippen molar-refractivity contribution in [3.05, 3.63) is 107 Å². The molecule has 1 aliphatic rings. The summed E-state index contributed by atoms with van der Waals surface area (Å²) < 4.78 is 0. The maximum Gasteiger partial charge on any atom is 0.246 e. The largest absolute Gasteiger partial charge is 0.377 e. The van der Waals surface area contributed by atoms with Gasteiger partial charge in [0.1, 0.15) is 23.7 Å². The first-order valence-electron chi connectivity index (χ1n) is 21.7. The minimum Gasteiger partial charge on any atom is -0.377 e. The Morgan fingerprint density at radius 2 is 1.61 bits per heavy atom. The Bertz CT molecular complexity index is 2180. The van der Waals surface area contributed by atoms with Crippen LogP contribution in [0.5, 0.6) is 0 Å². The van der Waals surface area contributed by atoms with Crippen molar-refractivity contribution in [3.8, 4) is 0 Å². The monoisotopic (exact) mass is 880 g/mol. The van der Waals surface area contributed by atoms with Crippen molar-refractivity contribution in [2.24, 2.45) is 22.2 Å². The summed E-state index contributed by atoms with van der Waals surface area (Å²) >= 11 is 0. The summed E-state index contributed by atoms with van der Waals surface area (Å²) in [6, 6.07) is 11.4. The van der Waals surface area contributed by atoms with Gasteiger partial charge in [0.2, 0.25) is 35.4 Å². The van der Waals surface area contributed by atoms with E-state index in [-0.39, 0.29) is 63.4 Å². The SMILES string of the molecule is C=C/C=C\c1[nH]cc(C[C@H](NC(=O)C(CCCN=C(N)N)NC(=O)C(Cc2ccccc2)NC(=O)C2(NC(=O)CCCC)CCc3c(cccc3N(C)C)C2)C(=O)NCC(N)=O)c1C. The van der Waals surface area contributed by atoms with E-state index >= 15 is 0 Å². The number of H-pyrrole nitrogens is 1. The van der Waals surface area contributed by atoms with Crippen LogP contribution in [-0.4, -0.2) is 97.2 Å². The number of primary amides is 1. The third kappa shape index (κ3) is 14.3. The number of amides is 6. The Balaban J connectivity index is 1.68. The van der Waals surface area contributed by atoms with Crippen molar-refractivity contribution in [2.45, 2.75) is 102 Å². The van der Waals surface area contributed by atoms with Crippen LogP contribution in [0.3, 0.4) is 0 Å². The molecule has 3 aromatic rings. The van der Waals surface area contributed by atoms with Crippen LogP contribution in [0.2, 0.25) is 0 Å². The number of nitrogens with two attached hydrogens (primary N) is 3. The number of carbonyl (C=O) groups is 6. The number of hydrogen-bond acceptors (Lipinski definition) is 8. The van der Waals surface area contributed by atoms with Crippen molar-refractivity contribution < 1.29 is 28.8 Å². The van der Waals surface area contributed by atoms with Crippen molar-refractivity contribution in [1.29, 1.82) is 0 Å². The lowest BCUT2D eigenvalue weighted by atomic mass is 9.76. The van der Waals surface area contributed by atoms with Gasteiger partial charge in [-0.1, -0.05) is 74.5 Å². The highest BCUT2D eigenvalue weighted by Gasteiger charge is 2.44. The molecule has 0 aliphatic heterocycles. The molecule has 6 amide bonds. The molecule has 2 aromatic carbocycles. The Kier molecular flexibility index (Phi) is 18.7. The van der Waals surface area contributed by atoms with Crippen LogP contribution in [-0.2, 0) is 54.5 Å². The zero-order chi connectivity index (χ0) is 46.8. The molecule has 3 unspecified atom stereocenters. The number of benzene rings is 2. The summed E-state index contributed by atoms with van der Waals surface area (Å²) in [5.74, 6) is -3.77. The number of unbranched alkanes of at least 4 members (excludes halogenated alkanes) is 1. The molecule has 17 heteroatoms. The molecule has 12 N–H and O–H groups in total. The first-order valence-corrected chi connectivity index (χ1v) is 21.7. The first-order chi connectivity index (χ1) is 30.6. The fraction of sp³-hybridized carbons (Fsp3) is 0.426. The lowest BCUT2D eigenvalue weighted by Gasteiger charge is -2.39. The number of nitrogens with zero attached hydrogens (tertiary/aromatic N) is 2. The van der Waals surface area contributed by atoms with Gasteiger partial charge in [0, 0.05) is 63.9 Å². The second-order valence-corrected chi connectivity index (χ2v) is 16.3. The van der Waals surface area contributed by atoms with Crippen molar-refractivity contribution in [1.82, 2.24) is 31.6 Å². The number of guanidine groups is 1. The summed E-state index contributed by atoms with van der Waals surface area (Å²) in [4.78, 5) is 91.6. The molecule has 344 valence electrons. The maximum atomic E-state index is 14.8. The number of anilines is 1. The Morgan fingerprint density at radius 1 is 0.906 bits per heavy atom. The van der Waals surface area contributed by atoms with Crippen LogP contribution in [0.1, 0.15) is 79.0 Å². The number of fused-ring (bicyclic) bond motifs is 1. The van der Waals surface area contributed by atoms with E-state index < -0.39 is 59.7 Å². The highest BCUT2D eigenvalue weighted by Crippen LogP contribution is 2.35. The molecular formula is C47H65N11O6.